The largest absolute Gasteiger partial charge is 0.478 e. The minimum Gasteiger partial charge on any atom is -0.478 e. The lowest BCUT2D eigenvalue weighted by atomic mass is 10.0. The van der Waals surface area contributed by atoms with E-state index in [-0.39, 0.29) is 5.56 Å². The Bertz CT molecular complexity index is 526. The van der Waals surface area contributed by atoms with Crippen LogP contribution in [0.15, 0.2) is 48.7 Å². The number of carboxylic acid groups (broad SMARTS) is 1. The first-order valence-corrected chi connectivity index (χ1v) is 5.18. The maximum absolute atomic E-state index is 10.9. The second-order valence-corrected chi connectivity index (χ2v) is 3.66. The van der Waals surface area contributed by atoms with Crippen LogP contribution in [0.1, 0.15) is 27.7 Å². The zero-order valence-corrected chi connectivity index (χ0v) is 9.08. The van der Waals surface area contributed by atoms with Gasteiger partial charge in [0.25, 0.3) is 0 Å². The van der Waals surface area contributed by atoms with Crippen molar-refractivity contribution >= 4 is 5.97 Å². The van der Waals surface area contributed by atoms with Gasteiger partial charge >= 0.3 is 5.97 Å². The van der Waals surface area contributed by atoms with Crippen molar-refractivity contribution in [3.8, 4) is 0 Å². The molecule has 0 amide bonds. The van der Waals surface area contributed by atoms with Crippen LogP contribution in [0.5, 0.6) is 0 Å². The van der Waals surface area contributed by atoms with Crippen LogP contribution in [0.25, 0.3) is 0 Å². The molecule has 0 fully saturated rings. The highest BCUT2D eigenvalue weighted by atomic mass is 16.4. The Morgan fingerprint density at radius 1 is 1.24 bits per heavy atom. The number of nitrogens with two attached hydrogens (primary N) is 1. The highest BCUT2D eigenvalue weighted by Crippen LogP contribution is 2.18. The average Bonchev–Trinajstić information content (AvgIpc) is 2.39. The smallest absolute Gasteiger partial charge is 0.335 e. The van der Waals surface area contributed by atoms with Crippen molar-refractivity contribution < 1.29 is 9.90 Å². The molecule has 3 N–H and O–H groups in total. The number of pyridine rings is 1. The minimum absolute atomic E-state index is 0.230. The van der Waals surface area contributed by atoms with Crippen LogP contribution in [-0.2, 0) is 0 Å². The number of rotatable bonds is 3. The number of nitrogens with zero attached hydrogens (tertiary/aromatic N) is 1. The predicted octanol–water partition coefficient (Wildman–Crippen LogP) is 1.83. The maximum atomic E-state index is 10.9. The molecule has 1 aromatic heterocycles. The van der Waals surface area contributed by atoms with E-state index in [1.54, 1.807) is 24.4 Å². The zero-order valence-electron chi connectivity index (χ0n) is 9.08. The van der Waals surface area contributed by atoms with Gasteiger partial charge in [-0.2, -0.15) is 0 Å². The number of benzene rings is 1. The summed E-state index contributed by atoms with van der Waals surface area (Å²) in [5.74, 6) is -0.958. The minimum atomic E-state index is -0.958. The lowest BCUT2D eigenvalue weighted by Crippen LogP contribution is -2.14. The van der Waals surface area contributed by atoms with Gasteiger partial charge in [0.2, 0.25) is 0 Å². The molecule has 0 aliphatic heterocycles. The SMILES string of the molecule is NC(c1cccc(C(=O)O)c1)c1ccccn1. The van der Waals surface area contributed by atoms with Crippen molar-refractivity contribution in [2.75, 3.05) is 0 Å². The molecule has 86 valence electrons. The number of carbonyl (C=O) groups is 1. The van der Waals surface area contributed by atoms with E-state index in [1.165, 1.54) is 6.07 Å². The molecule has 1 unspecified atom stereocenters. The van der Waals surface area contributed by atoms with Gasteiger partial charge in [0.1, 0.15) is 0 Å². The van der Waals surface area contributed by atoms with Crippen LogP contribution in [0, 0.1) is 0 Å². The molecule has 0 saturated carbocycles. The fraction of sp³-hybridized carbons (Fsp3) is 0.0769. The Morgan fingerprint density at radius 3 is 2.71 bits per heavy atom. The summed E-state index contributed by atoms with van der Waals surface area (Å²) in [6.45, 7) is 0. The molecule has 0 bridgehead atoms. The average molecular weight is 228 g/mol. The van der Waals surface area contributed by atoms with Crippen molar-refractivity contribution in [3.05, 3.63) is 65.5 Å². The number of carboxylic acids is 1. The fourth-order valence-electron chi connectivity index (χ4n) is 1.60. The Balaban J connectivity index is 2.34. The van der Waals surface area contributed by atoms with Crippen molar-refractivity contribution in [2.45, 2.75) is 6.04 Å². The number of hydrogen-bond acceptors (Lipinski definition) is 3. The molecular weight excluding hydrogens is 216 g/mol. The number of hydrogen-bond donors (Lipinski definition) is 2. The molecule has 0 aliphatic carbocycles. The number of aromatic carboxylic acids is 1. The van der Waals surface area contributed by atoms with E-state index in [9.17, 15) is 4.79 Å². The number of aromatic nitrogens is 1. The molecule has 4 nitrogen and oxygen atoms in total. The molecule has 0 saturated heterocycles. The van der Waals surface area contributed by atoms with Crippen molar-refractivity contribution in [1.29, 1.82) is 0 Å². The van der Waals surface area contributed by atoms with Crippen LogP contribution >= 0.6 is 0 Å². The molecule has 1 aromatic carbocycles. The molecule has 0 aliphatic rings. The van der Waals surface area contributed by atoms with Gasteiger partial charge in [-0.3, -0.25) is 4.98 Å². The second-order valence-electron chi connectivity index (χ2n) is 3.66. The summed E-state index contributed by atoms with van der Waals surface area (Å²) < 4.78 is 0. The molecular formula is C13H12N2O2. The zero-order chi connectivity index (χ0) is 12.3. The summed E-state index contributed by atoms with van der Waals surface area (Å²) in [6.07, 6.45) is 1.66. The van der Waals surface area contributed by atoms with Gasteiger partial charge < -0.3 is 10.8 Å². The third-order valence-corrected chi connectivity index (χ3v) is 2.50. The first-order chi connectivity index (χ1) is 8.18. The quantitative estimate of drug-likeness (QED) is 0.840. The van der Waals surface area contributed by atoms with Crippen molar-refractivity contribution in [2.24, 2.45) is 5.73 Å². The van der Waals surface area contributed by atoms with Crippen molar-refractivity contribution in [1.82, 2.24) is 4.98 Å². The second kappa shape index (κ2) is 4.76. The molecule has 2 aromatic rings. The van der Waals surface area contributed by atoms with Crippen LogP contribution in [0.3, 0.4) is 0 Å². The van der Waals surface area contributed by atoms with E-state index in [4.69, 9.17) is 10.8 Å². The predicted molar refractivity (Wildman–Crippen MR) is 63.7 cm³/mol. The first-order valence-electron chi connectivity index (χ1n) is 5.18. The van der Waals surface area contributed by atoms with Gasteiger partial charge in [0, 0.05) is 6.20 Å². The van der Waals surface area contributed by atoms with Crippen molar-refractivity contribution in [3.63, 3.8) is 0 Å². The standard InChI is InChI=1S/C13H12N2O2/c14-12(11-6-1-2-7-15-11)9-4-3-5-10(8-9)13(16)17/h1-8,12H,14H2,(H,16,17). The highest BCUT2D eigenvalue weighted by molar-refractivity contribution is 5.87. The Kier molecular flexibility index (Phi) is 3.16. The summed E-state index contributed by atoms with van der Waals surface area (Å²) in [5.41, 5.74) is 7.72. The Labute approximate surface area is 98.7 Å². The van der Waals surface area contributed by atoms with E-state index in [1.807, 2.05) is 18.2 Å². The monoisotopic (exact) mass is 228 g/mol. The molecule has 17 heavy (non-hydrogen) atoms. The van der Waals surface area contributed by atoms with E-state index in [2.05, 4.69) is 4.98 Å². The van der Waals surface area contributed by atoms with Gasteiger partial charge in [-0.1, -0.05) is 18.2 Å². The van der Waals surface area contributed by atoms with Gasteiger partial charge in [-0.25, -0.2) is 4.79 Å². The summed E-state index contributed by atoms with van der Waals surface area (Å²) in [6, 6.07) is 11.7. The third kappa shape index (κ3) is 2.49. The van der Waals surface area contributed by atoms with Crippen LogP contribution in [-0.4, -0.2) is 16.1 Å². The molecule has 4 heteroatoms. The normalized spacial score (nSPS) is 12.1. The van der Waals surface area contributed by atoms with Gasteiger partial charge in [-0.05, 0) is 29.8 Å². The van der Waals surface area contributed by atoms with E-state index in [0.29, 0.717) is 0 Å². The van der Waals surface area contributed by atoms with Gasteiger partial charge in [0.05, 0.1) is 17.3 Å². The molecule has 0 spiro atoms. The Hall–Kier alpha value is -2.20. The van der Waals surface area contributed by atoms with Crippen LogP contribution < -0.4 is 5.73 Å². The van der Waals surface area contributed by atoms with Gasteiger partial charge in [0.15, 0.2) is 0 Å². The van der Waals surface area contributed by atoms with Crippen LogP contribution in [0.2, 0.25) is 0 Å². The molecule has 1 heterocycles. The summed E-state index contributed by atoms with van der Waals surface area (Å²) >= 11 is 0. The lowest BCUT2D eigenvalue weighted by molar-refractivity contribution is 0.0697. The highest BCUT2D eigenvalue weighted by Gasteiger charge is 2.11. The molecule has 1 atom stereocenters. The molecule has 0 radical (unpaired) electrons. The summed E-state index contributed by atoms with van der Waals surface area (Å²) in [7, 11) is 0. The van der Waals surface area contributed by atoms with E-state index >= 15 is 0 Å². The summed E-state index contributed by atoms with van der Waals surface area (Å²) in [4.78, 5) is 15.0. The molecule has 2 rings (SSSR count). The van der Waals surface area contributed by atoms with E-state index < -0.39 is 12.0 Å². The fourth-order valence-corrected chi connectivity index (χ4v) is 1.60. The lowest BCUT2D eigenvalue weighted by Gasteiger charge is -2.11. The van der Waals surface area contributed by atoms with E-state index in [0.717, 1.165) is 11.3 Å². The van der Waals surface area contributed by atoms with Gasteiger partial charge in [-0.15, -0.1) is 0 Å². The third-order valence-electron chi connectivity index (χ3n) is 2.50. The van der Waals surface area contributed by atoms with Crippen LogP contribution in [0.4, 0.5) is 0 Å². The first kappa shape index (κ1) is 11.3. The summed E-state index contributed by atoms with van der Waals surface area (Å²) in [5, 5.41) is 8.91. The Morgan fingerprint density at radius 2 is 2.06 bits per heavy atom. The maximum Gasteiger partial charge on any atom is 0.335 e. The topological polar surface area (TPSA) is 76.2 Å².